The zero-order chi connectivity index (χ0) is 8.69. The molecule has 0 atom stereocenters. The van der Waals surface area contributed by atoms with E-state index in [4.69, 9.17) is 5.11 Å². The summed E-state index contributed by atoms with van der Waals surface area (Å²) in [5.74, 6) is -1.64. The molecule has 1 N–H and O–H groups in total. The Kier molecular flexibility index (Phi) is 4.22. The van der Waals surface area contributed by atoms with E-state index in [2.05, 4.69) is 15.4 Å². The minimum Gasteiger partial charge on any atom is -0.478 e. The number of rotatable bonds is 1. The molecule has 0 bridgehead atoms. The fourth-order valence-electron chi connectivity index (χ4n) is 0.194. The first-order chi connectivity index (χ1) is 5.16. The van der Waals surface area contributed by atoms with E-state index in [0.717, 1.165) is 6.08 Å². The maximum Gasteiger partial charge on any atom is 0.518 e. The van der Waals surface area contributed by atoms with Crippen molar-refractivity contribution in [3.8, 4) is 0 Å². The van der Waals surface area contributed by atoms with Gasteiger partial charge in [0.25, 0.3) is 0 Å². The molecule has 0 unspecified atom stereocenters. The van der Waals surface area contributed by atoms with Crippen molar-refractivity contribution in [2.45, 2.75) is 0 Å². The molecule has 0 aliphatic carbocycles. The van der Waals surface area contributed by atoms with Gasteiger partial charge in [-0.15, -0.1) is 0 Å². The van der Waals surface area contributed by atoms with Crippen LogP contribution in [0.1, 0.15) is 0 Å². The number of carboxylic acids is 1. The molecule has 5 nitrogen and oxygen atoms in total. The molecule has 0 amide bonds. The van der Waals surface area contributed by atoms with E-state index in [1.54, 1.807) is 0 Å². The van der Waals surface area contributed by atoms with Crippen LogP contribution >= 0.6 is 0 Å². The minimum atomic E-state index is -0.981. The van der Waals surface area contributed by atoms with Crippen molar-refractivity contribution in [1.29, 1.82) is 0 Å². The number of hydrogen-bond acceptors (Lipinski definition) is 4. The lowest BCUT2D eigenvalue weighted by Gasteiger charge is -1.64. The highest BCUT2D eigenvalue weighted by Crippen LogP contribution is 1.70. The maximum absolute atomic E-state index is 9.74. The molecule has 0 fully saturated rings. The first kappa shape index (κ1) is 9.22. The topological polar surface area (TPSA) is 80.6 Å². The van der Waals surface area contributed by atoms with Crippen molar-refractivity contribution < 1.29 is 18.7 Å². The Morgan fingerprint density at radius 1 is 1.55 bits per heavy atom. The summed E-state index contributed by atoms with van der Waals surface area (Å²) in [6.07, 6.45) is 3.20. The summed E-state index contributed by atoms with van der Waals surface area (Å²) < 4.78 is 8.22. The van der Waals surface area contributed by atoms with E-state index in [9.17, 15) is 9.59 Å². The Labute approximate surface area is 61.6 Å². The number of carbonyl (C=O) groups is 1. The molecule has 1 aromatic rings. The molecule has 0 radical (unpaired) electrons. The Balaban J connectivity index is 0.000000187. The average molecular weight is 158 g/mol. The third-order valence-electron chi connectivity index (χ3n) is 0.559. The van der Waals surface area contributed by atoms with Gasteiger partial charge in [-0.05, 0) is 0 Å². The quantitative estimate of drug-likeness (QED) is 0.601. The highest BCUT2D eigenvalue weighted by molar-refractivity contribution is 5.78. The van der Waals surface area contributed by atoms with Crippen molar-refractivity contribution in [3.63, 3.8) is 0 Å². The summed E-state index contributed by atoms with van der Waals surface area (Å²) in [5, 5.41) is 7.60. The van der Waals surface area contributed by atoms with Crippen molar-refractivity contribution in [2.24, 2.45) is 0 Å². The zero-order valence-corrected chi connectivity index (χ0v) is 5.52. The second-order valence-corrected chi connectivity index (χ2v) is 1.30. The third kappa shape index (κ3) is 6.10. The van der Waals surface area contributed by atoms with Crippen molar-refractivity contribution in [3.05, 3.63) is 35.8 Å². The smallest absolute Gasteiger partial charge is 0.478 e. The molecule has 1 aromatic heterocycles. The molecular formula is C6H6O5. The Morgan fingerprint density at radius 2 is 1.91 bits per heavy atom. The summed E-state index contributed by atoms with van der Waals surface area (Å²) >= 11 is 0. The van der Waals surface area contributed by atoms with Crippen molar-refractivity contribution in [1.82, 2.24) is 0 Å². The Hall–Kier alpha value is -1.78. The third-order valence-corrected chi connectivity index (χ3v) is 0.559. The fourth-order valence-corrected chi connectivity index (χ4v) is 0.194. The molecule has 1 rings (SSSR count). The second kappa shape index (κ2) is 5.04. The zero-order valence-electron chi connectivity index (χ0n) is 5.52. The van der Waals surface area contributed by atoms with Gasteiger partial charge in [-0.1, -0.05) is 6.58 Å². The lowest BCUT2D eigenvalue weighted by Crippen LogP contribution is -1.83. The summed E-state index contributed by atoms with van der Waals surface area (Å²) in [6.45, 7) is 2.96. The molecule has 0 spiro atoms. The summed E-state index contributed by atoms with van der Waals surface area (Å²) in [5.41, 5.74) is 0. The largest absolute Gasteiger partial charge is 0.518 e. The van der Waals surface area contributed by atoms with Crippen LogP contribution in [0.25, 0.3) is 0 Å². The first-order valence-electron chi connectivity index (χ1n) is 2.54. The second-order valence-electron chi connectivity index (χ2n) is 1.30. The van der Waals surface area contributed by atoms with Crippen LogP contribution in [-0.2, 0) is 4.79 Å². The van der Waals surface area contributed by atoms with Gasteiger partial charge < -0.3 is 13.9 Å². The molecular weight excluding hydrogens is 152 g/mol. The van der Waals surface area contributed by atoms with Crippen LogP contribution in [0.3, 0.4) is 0 Å². The number of aliphatic carboxylic acids is 1. The minimum absolute atomic E-state index is 0.657. The molecule has 0 aromatic carbocycles. The predicted octanol–water partition coefficient (Wildman–Crippen LogP) is 0.490. The molecule has 0 saturated heterocycles. The number of carboxylic acid groups (broad SMARTS) is 1. The lowest BCUT2D eigenvalue weighted by molar-refractivity contribution is -0.131. The van der Waals surface area contributed by atoms with Gasteiger partial charge in [0.1, 0.15) is 12.5 Å². The van der Waals surface area contributed by atoms with E-state index in [1.807, 2.05) is 0 Å². The van der Waals surface area contributed by atoms with E-state index < -0.39 is 11.8 Å². The SMILES string of the molecule is C=CC(=O)O.O=c1occo1. The molecule has 60 valence electrons. The van der Waals surface area contributed by atoms with Gasteiger partial charge in [-0.3, -0.25) is 0 Å². The molecule has 0 aliphatic rings. The fraction of sp³-hybridized carbons (Fsp3) is 0. The summed E-state index contributed by atoms with van der Waals surface area (Å²) in [6, 6.07) is 0. The van der Waals surface area contributed by atoms with Gasteiger partial charge in [0.05, 0.1) is 0 Å². The summed E-state index contributed by atoms with van der Waals surface area (Å²) in [7, 11) is 0. The Bertz CT molecular complexity index is 252. The van der Waals surface area contributed by atoms with Gasteiger partial charge in [0.2, 0.25) is 0 Å². The Morgan fingerprint density at radius 3 is 2.00 bits per heavy atom. The molecule has 0 aliphatic heterocycles. The maximum atomic E-state index is 9.74. The monoisotopic (exact) mass is 158 g/mol. The van der Waals surface area contributed by atoms with Crippen LogP contribution < -0.4 is 5.82 Å². The van der Waals surface area contributed by atoms with E-state index in [1.165, 1.54) is 12.5 Å². The normalized spacial score (nSPS) is 7.64. The lowest BCUT2D eigenvalue weighted by atomic mass is 10.7. The van der Waals surface area contributed by atoms with Crippen LogP contribution in [0.5, 0.6) is 0 Å². The highest BCUT2D eigenvalue weighted by atomic mass is 16.5. The average Bonchev–Trinajstić information content (AvgIpc) is 2.41. The summed E-state index contributed by atoms with van der Waals surface area (Å²) in [4.78, 5) is 19.0. The standard InChI is InChI=1S/C3H2O3.C3H4O2/c4-3-5-1-2-6-3;1-2-3(4)5/h1-2H;2H,1H2,(H,4,5). The van der Waals surface area contributed by atoms with E-state index >= 15 is 0 Å². The molecule has 5 heteroatoms. The molecule has 11 heavy (non-hydrogen) atoms. The predicted molar refractivity (Wildman–Crippen MR) is 35.1 cm³/mol. The molecule has 1 heterocycles. The van der Waals surface area contributed by atoms with E-state index in [-0.39, 0.29) is 0 Å². The van der Waals surface area contributed by atoms with Gasteiger partial charge in [0, 0.05) is 6.08 Å². The highest BCUT2D eigenvalue weighted by Gasteiger charge is 1.77. The van der Waals surface area contributed by atoms with Crippen molar-refractivity contribution in [2.75, 3.05) is 0 Å². The van der Waals surface area contributed by atoms with Crippen LogP contribution in [0.2, 0.25) is 0 Å². The van der Waals surface area contributed by atoms with E-state index in [0.29, 0.717) is 0 Å². The van der Waals surface area contributed by atoms with Crippen LogP contribution in [0.15, 0.2) is 38.8 Å². The first-order valence-corrected chi connectivity index (χ1v) is 2.54. The van der Waals surface area contributed by atoms with Gasteiger partial charge >= 0.3 is 11.8 Å². The van der Waals surface area contributed by atoms with Crippen molar-refractivity contribution >= 4 is 5.97 Å². The molecule has 0 saturated carbocycles. The van der Waals surface area contributed by atoms with Gasteiger partial charge in [0.15, 0.2) is 0 Å². The van der Waals surface area contributed by atoms with Crippen LogP contribution in [-0.4, -0.2) is 11.1 Å². The van der Waals surface area contributed by atoms with Gasteiger partial charge in [-0.25, -0.2) is 9.59 Å². The van der Waals surface area contributed by atoms with Crippen LogP contribution in [0.4, 0.5) is 0 Å². The van der Waals surface area contributed by atoms with Gasteiger partial charge in [-0.2, -0.15) is 0 Å². The van der Waals surface area contributed by atoms with Crippen LogP contribution in [0, 0.1) is 0 Å². The number of hydrogen-bond donors (Lipinski definition) is 1.